The molecule has 2 rings (SSSR count). The second kappa shape index (κ2) is 5.32. The molecule has 0 aromatic heterocycles. The van der Waals surface area contributed by atoms with Gasteiger partial charge in [0, 0.05) is 3.92 Å². The van der Waals surface area contributed by atoms with Crippen molar-refractivity contribution in [3.8, 4) is 0 Å². The lowest BCUT2D eigenvalue weighted by molar-refractivity contribution is -0.118. The molecule has 2 nitrogen and oxygen atoms in total. The summed E-state index contributed by atoms with van der Waals surface area (Å²) in [5.41, 5.74) is 0. The summed E-state index contributed by atoms with van der Waals surface area (Å²) in [5.74, 6) is 0. The van der Waals surface area contributed by atoms with Crippen molar-refractivity contribution in [1.29, 1.82) is 0 Å². The fourth-order valence-electron chi connectivity index (χ4n) is 2.74. The van der Waals surface area contributed by atoms with Crippen LogP contribution in [0.1, 0.15) is 46.0 Å². The highest BCUT2D eigenvalue weighted by atomic mass is 127. The van der Waals surface area contributed by atoms with Crippen LogP contribution in [0.4, 0.5) is 0 Å². The SMILES string of the molecule is CC1CC(OC2CCCC2I)CC(C)O1. The number of halogens is 1. The van der Waals surface area contributed by atoms with Crippen molar-refractivity contribution in [2.24, 2.45) is 0 Å². The Morgan fingerprint density at radius 1 is 1.13 bits per heavy atom. The number of alkyl halides is 1. The van der Waals surface area contributed by atoms with Crippen LogP contribution < -0.4 is 0 Å². The molecular formula is C12H21IO2. The average Bonchev–Trinajstić information content (AvgIpc) is 2.50. The van der Waals surface area contributed by atoms with E-state index in [2.05, 4.69) is 36.4 Å². The number of hydrogen-bond donors (Lipinski definition) is 0. The number of hydrogen-bond acceptors (Lipinski definition) is 2. The minimum Gasteiger partial charge on any atom is -0.375 e. The molecule has 1 saturated carbocycles. The standard InChI is InChI=1S/C12H21IO2/c1-8-6-10(7-9(2)14-8)15-12-5-3-4-11(12)13/h8-12H,3-7H2,1-2H3. The molecule has 0 amide bonds. The van der Waals surface area contributed by atoms with E-state index in [-0.39, 0.29) is 0 Å². The molecule has 2 aliphatic rings. The van der Waals surface area contributed by atoms with Crippen LogP contribution in [0.2, 0.25) is 0 Å². The second-order valence-corrected chi connectivity index (χ2v) is 6.57. The zero-order valence-corrected chi connectivity index (χ0v) is 11.8. The lowest BCUT2D eigenvalue weighted by Gasteiger charge is -2.34. The van der Waals surface area contributed by atoms with Gasteiger partial charge in [0.2, 0.25) is 0 Å². The van der Waals surface area contributed by atoms with E-state index >= 15 is 0 Å². The molecule has 4 unspecified atom stereocenters. The molecular weight excluding hydrogens is 303 g/mol. The van der Waals surface area contributed by atoms with E-state index in [0.29, 0.717) is 24.4 Å². The van der Waals surface area contributed by atoms with Gasteiger partial charge in [-0.25, -0.2) is 0 Å². The third kappa shape index (κ3) is 3.30. The van der Waals surface area contributed by atoms with E-state index in [4.69, 9.17) is 9.47 Å². The Morgan fingerprint density at radius 2 is 1.80 bits per heavy atom. The summed E-state index contributed by atoms with van der Waals surface area (Å²) < 4.78 is 12.7. The van der Waals surface area contributed by atoms with Crippen LogP contribution >= 0.6 is 22.6 Å². The Hall–Kier alpha value is 0.650. The first-order valence-electron chi connectivity index (χ1n) is 6.10. The van der Waals surface area contributed by atoms with Gasteiger partial charge >= 0.3 is 0 Å². The first-order chi connectivity index (χ1) is 7.15. The Balaban J connectivity index is 1.83. The molecule has 0 bridgehead atoms. The van der Waals surface area contributed by atoms with Crippen LogP contribution in [-0.2, 0) is 9.47 Å². The fraction of sp³-hybridized carbons (Fsp3) is 1.00. The topological polar surface area (TPSA) is 18.5 Å². The fourth-order valence-corrected chi connectivity index (χ4v) is 3.71. The molecule has 0 N–H and O–H groups in total. The Kier molecular flexibility index (Phi) is 4.30. The molecule has 88 valence electrons. The highest BCUT2D eigenvalue weighted by molar-refractivity contribution is 14.1. The normalized spacial score (nSPS) is 47.0. The number of ether oxygens (including phenoxy) is 2. The Bertz CT molecular complexity index is 200. The molecule has 1 heterocycles. The van der Waals surface area contributed by atoms with E-state index in [1.807, 2.05) is 0 Å². The minimum absolute atomic E-state index is 0.368. The van der Waals surface area contributed by atoms with Crippen molar-refractivity contribution in [1.82, 2.24) is 0 Å². The molecule has 0 radical (unpaired) electrons. The lowest BCUT2D eigenvalue weighted by atomic mass is 10.0. The van der Waals surface area contributed by atoms with E-state index in [1.165, 1.54) is 19.3 Å². The molecule has 3 heteroatoms. The van der Waals surface area contributed by atoms with Gasteiger partial charge in [0.15, 0.2) is 0 Å². The highest BCUT2D eigenvalue weighted by Crippen LogP contribution is 2.32. The molecule has 1 saturated heterocycles. The predicted molar refractivity (Wildman–Crippen MR) is 69.6 cm³/mol. The second-order valence-electron chi connectivity index (χ2n) is 4.97. The maximum Gasteiger partial charge on any atom is 0.0696 e. The quantitative estimate of drug-likeness (QED) is 0.573. The van der Waals surface area contributed by atoms with Gasteiger partial charge in [-0.2, -0.15) is 0 Å². The van der Waals surface area contributed by atoms with Crippen molar-refractivity contribution < 1.29 is 9.47 Å². The Morgan fingerprint density at radius 3 is 2.33 bits per heavy atom. The molecule has 0 spiro atoms. The maximum atomic E-state index is 6.22. The van der Waals surface area contributed by atoms with Crippen molar-refractivity contribution in [2.75, 3.05) is 0 Å². The lowest BCUT2D eigenvalue weighted by Crippen LogP contribution is -2.37. The average molecular weight is 324 g/mol. The smallest absolute Gasteiger partial charge is 0.0696 e. The summed E-state index contributed by atoms with van der Waals surface area (Å²) in [7, 11) is 0. The molecule has 1 aliphatic heterocycles. The van der Waals surface area contributed by atoms with E-state index in [1.54, 1.807) is 0 Å². The van der Waals surface area contributed by atoms with Crippen LogP contribution in [0.3, 0.4) is 0 Å². The van der Waals surface area contributed by atoms with Crippen molar-refractivity contribution in [3.05, 3.63) is 0 Å². The monoisotopic (exact) mass is 324 g/mol. The Labute approximate surface area is 106 Å². The zero-order chi connectivity index (χ0) is 10.8. The van der Waals surface area contributed by atoms with Gasteiger partial charge < -0.3 is 9.47 Å². The van der Waals surface area contributed by atoms with Crippen LogP contribution in [0, 0.1) is 0 Å². The van der Waals surface area contributed by atoms with E-state index < -0.39 is 0 Å². The molecule has 1 aliphatic carbocycles. The van der Waals surface area contributed by atoms with Crippen LogP contribution in [0.5, 0.6) is 0 Å². The van der Waals surface area contributed by atoms with Gasteiger partial charge in [-0.15, -0.1) is 0 Å². The summed E-state index contributed by atoms with van der Waals surface area (Å²) in [5, 5.41) is 0. The first-order valence-corrected chi connectivity index (χ1v) is 7.34. The third-order valence-electron chi connectivity index (χ3n) is 3.39. The van der Waals surface area contributed by atoms with Gasteiger partial charge in [-0.3, -0.25) is 0 Å². The largest absolute Gasteiger partial charge is 0.375 e. The van der Waals surface area contributed by atoms with E-state index in [9.17, 15) is 0 Å². The summed E-state index contributed by atoms with van der Waals surface area (Å²) in [6.07, 6.45) is 7.76. The highest BCUT2D eigenvalue weighted by Gasteiger charge is 2.31. The predicted octanol–water partition coefficient (Wildman–Crippen LogP) is 3.32. The van der Waals surface area contributed by atoms with Crippen LogP contribution in [-0.4, -0.2) is 28.3 Å². The molecule has 4 atom stereocenters. The summed E-state index contributed by atoms with van der Waals surface area (Å²) in [6.45, 7) is 4.31. The van der Waals surface area contributed by atoms with Gasteiger partial charge in [0.1, 0.15) is 0 Å². The number of rotatable bonds is 2. The molecule has 15 heavy (non-hydrogen) atoms. The van der Waals surface area contributed by atoms with E-state index in [0.717, 1.165) is 16.8 Å². The van der Waals surface area contributed by atoms with Crippen molar-refractivity contribution in [3.63, 3.8) is 0 Å². The van der Waals surface area contributed by atoms with Crippen LogP contribution in [0.25, 0.3) is 0 Å². The van der Waals surface area contributed by atoms with Crippen molar-refractivity contribution >= 4 is 22.6 Å². The molecule has 0 aromatic carbocycles. The third-order valence-corrected chi connectivity index (χ3v) is 4.82. The van der Waals surface area contributed by atoms with Gasteiger partial charge in [-0.05, 0) is 46.0 Å². The van der Waals surface area contributed by atoms with Gasteiger partial charge in [-0.1, -0.05) is 22.6 Å². The molecule has 0 aromatic rings. The molecule has 2 fully saturated rings. The summed E-state index contributed by atoms with van der Waals surface area (Å²) in [6, 6.07) is 0. The summed E-state index contributed by atoms with van der Waals surface area (Å²) in [4.78, 5) is 0. The first kappa shape index (κ1) is 12.1. The van der Waals surface area contributed by atoms with Gasteiger partial charge in [0.25, 0.3) is 0 Å². The van der Waals surface area contributed by atoms with Gasteiger partial charge in [0.05, 0.1) is 24.4 Å². The maximum absolute atomic E-state index is 6.22. The van der Waals surface area contributed by atoms with Crippen LogP contribution in [0.15, 0.2) is 0 Å². The zero-order valence-electron chi connectivity index (χ0n) is 9.62. The van der Waals surface area contributed by atoms with Crippen molar-refractivity contribution in [2.45, 2.75) is 74.3 Å². The summed E-state index contributed by atoms with van der Waals surface area (Å²) >= 11 is 2.54. The minimum atomic E-state index is 0.368.